The molecule has 0 amide bonds. The average molecular weight is 511 g/mol. The molecule has 4 aliphatic carbocycles. The summed E-state index contributed by atoms with van der Waals surface area (Å²) in [5.41, 5.74) is -0.340. The lowest BCUT2D eigenvalue weighted by molar-refractivity contribution is -0.298. The number of allylic oxidation sites excluding steroid dienone is 1. The topological polar surface area (TPSA) is 146 Å². The maximum absolute atomic E-state index is 13.7. The van der Waals surface area contributed by atoms with E-state index in [-0.39, 0.29) is 29.0 Å². The molecule has 0 aromatic carbocycles. The van der Waals surface area contributed by atoms with Crippen molar-refractivity contribution in [3.05, 3.63) is 11.6 Å². The van der Waals surface area contributed by atoms with Crippen LogP contribution in [-0.4, -0.2) is 88.1 Å². The molecule has 2 bridgehead atoms. The van der Waals surface area contributed by atoms with Gasteiger partial charge in [0.2, 0.25) is 6.29 Å². The van der Waals surface area contributed by atoms with Crippen LogP contribution in [0.2, 0.25) is 0 Å². The van der Waals surface area contributed by atoms with Crippen LogP contribution in [0.15, 0.2) is 11.6 Å². The summed E-state index contributed by atoms with van der Waals surface area (Å²) in [5.74, 6) is -0.0529. The number of aliphatic hydroxyl groups excluding tert-OH is 5. The molecular weight excluding hydrogens is 468 g/mol. The van der Waals surface area contributed by atoms with Crippen LogP contribution >= 0.6 is 0 Å². The van der Waals surface area contributed by atoms with Gasteiger partial charge in [-0.05, 0) is 80.1 Å². The van der Waals surface area contributed by atoms with Crippen molar-refractivity contribution < 1.29 is 44.5 Å². The van der Waals surface area contributed by atoms with Crippen molar-refractivity contribution in [1.29, 1.82) is 0 Å². The molecule has 0 radical (unpaired) electrons. The second-order valence-electron chi connectivity index (χ2n) is 12.5. The van der Waals surface area contributed by atoms with Crippen molar-refractivity contribution in [1.82, 2.24) is 0 Å². The van der Waals surface area contributed by atoms with Crippen molar-refractivity contribution >= 4 is 5.97 Å². The quantitative estimate of drug-likeness (QED) is 0.270. The molecule has 4 fully saturated rings. The van der Waals surface area contributed by atoms with Crippen molar-refractivity contribution in [2.24, 2.45) is 28.1 Å². The van der Waals surface area contributed by atoms with E-state index in [1.54, 1.807) is 7.11 Å². The number of methoxy groups -OCH3 is 1. The summed E-state index contributed by atoms with van der Waals surface area (Å²) in [6, 6.07) is 0. The van der Waals surface area contributed by atoms with Gasteiger partial charge in [-0.15, -0.1) is 0 Å². The number of carbonyl (C=O) groups excluding carboxylic acids is 1. The Kier molecular flexibility index (Phi) is 6.64. The monoisotopic (exact) mass is 510 g/mol. The van der Waals surface area contributed by atoms with Gasteiger partial charge in [0.05, 0.1) is 24.2 Å². The van der Waals surface area contributed by atoms with Crippen LogP contribution < -0.4 is 0 Å². The van der Waals surface area contributed by atoms with Crippen molar-refractivity contribution in [3.8, 4) is 0 Å². The van der Waals surface area contributed by atoms with Gasteiger partial charge in [0.25, 0.3) is 0 Å². The molecule has 36 heavy (non-hydrogen) atoms. The van der Waals surface area contributed by atoms with Crippen LogP contribution in [0, 0.1) is 28.1 Å². The molecule has 0 aromatic heterocycles. The molecule has 0 aromatic rings. The Labute approximate surface area is 212 Å². The van der Waals surface area contributed by atoms with Crippen molar-refractivity contribution in [3.63, 3.8) is 0 Å². The zero-order valence-corrected chi connectivity index (χ0v) is 21.6. The zero-order chi connectivity index (χ0) is 26.1. The predicted molar refractivity (Wildman–Crippen MR) is 127 cm³/mol. The average Bonchev–Trinajstić information content (AvgIpc) is 3.10. The normalized spacial score (nSPS) is 52.2. The van der Waals surface area contributed by atoms with E-state index in [9.17, 15) is 30.3 Å². The number of aliphatic hydroxyl groups is 5. The van der Waals surface area contributed by atoms with Gasteiger partial charge in [-0.2, -0.15) is 0 Å². The smallest absolute Gasteiger partial charge is 0.314 e. The summed E-state index contributed by atoms with van der Waals surface area (Å²) < 4.78 is 17.2. The number of ether oxygens (including phenoxy) is 3. The van der Waals surface area contributed by atoms with Gasteiger partial charge < -0.3 is 39.7 Å². The van der Waals surface area contributed by atoms with Crippen LogP contribution in [0.25, 0.3) is 0 Å². The van der Waals surface area contributed by atoms with E-state index < -0.39 is 48.7 Å². The lowest BCUT2D eigenvalue weighted by Gasteiger charge is -2.64. The fraction of sp³-hybridized carbons (Fsp3) is 0.889. The molecule has 1 spiro atoms. The SMILES string of the molecule is CO[C@]12CC[C@@H]3[C@@](C=C1CO)(CC[C@H]1[C@@]3(C)CCC[C@@]1(C)C(=O)OC1OC(CO)C(O)C(O)C1O)C2. The Morgan fingerprint density at radius 2 is 1.75 bits per heavy atom. The summed E-state index contributed by atoms with van der Waals surface area (Å²) in [5, 5.41) is 50.2. The molecule has 3 saturated carbocycles. The predicted octanol–water partition coefficient (Wildman–Crippen LogP) is 1.04. The second kappa shape index (κ2) is 9.00. The maximum Gasteiger partial charge on any atom is 0.314 e. The molecule has 11 atom stereocenters. The summed E-state index contributed by atoms with van der Waals surface area (Å²) in [7, 11) is 1.74. The zero-order valence-electron chi connectivity index (χ0n) is 21.6. The van der Waals surface area contributed by atoms with Gasteiger partial charge in [0, 0.05) is 7.11 Å². The number of esters is 1. The number of fused-ring (bicyclic) bond motifs is 3. The number of rotatable bonds is 5. The van der Waals surface area contributed by atoms with Gasteiger partial charge in [0.1, 0.15) is 24.4 Å². The highest BCUT2D eigenvalue weighted by Crippen LogP contribution is 2.71. The van der Waals surface area contributed by atoms with Gasteiger partial charge in [-0.1, -0.05) is 19.4 Å². The Hall–Kier alpha value is -1.07. The summed E-state index contributed by atoms with van der Waals surface area (Å²) in [6.07, 6.45) is 1.99. The van der Waals surface area contributed by atoms with Crippen LogP contribution in [-0.2, 0) is 19.0 Å². The number of hydrogen-bond acceptors (Lipinski definition) is 9. The van der Waals surface area contributed by atoms with E-state index in [1.165, 1.54) is 0 Å². The minimum Gasteiger partial charge on any atom is -0.432 e. The van der Waals surface area contributed by atoms with E-state index in [1.807, 2.05) is 6.92 Å². The molecule has 9 heteroatoms. The molecule has 5 aliphatic rings. The molecule has 5 N–H and O–H groups in total. The van der Waals surface area contributed by atoms with E-state index >= 15 is 0 Å². The third-order valence-corrected chi connectivity index (χ3v) is 11.0. The first-order valence-corrected chi connectivity index (χ1v) is 13.4. The molecular formula is C27H42O9. The van der Waals surface area contributed by atoms with E-state index in [0.29, 0.717) is 12.3 Å². The Bertz CT molecular complexity index is 906. The largest absolute Gasteiger partial charge is 0.432 e. The fourth-order valence-corrected chi connectivity index (χ4v) is 9.17. The number of hydrogen-bond donors (Lipinski definition) is 5. The Morgan fingerprint density at radius 3 is 2.42 bits per heavy atom. The van der Waals surface area contributed by atoms with Gasteiger partial charge in [-0.3, -0.25) is 4.79 Å². The third-order valence-electron chi connectivity index (χ3n) is 11.0. The fourth-order valence-electron chi connectivity index (χ4n) is 9.17. The van der Waals surface area contributed by atoms with E-state index in [4.69, 9.17) is 14.2 Å². The van der Waals surface area contributed by atoms with Crippen LogP contribution in [0.3, 0.4) is 0 Å². The summed E-state index contributed by atoms with van der Waals surface area (Å²) >= 11 is 0. The van der Waals surface area contributed by atoms with E-state index in [2.05, 4.69) is 13.0 Å². The summed E-state index contributed by atoms with van der Waals surface area (Å²) in [4.78, 5) is 13.7. The van der Waals surface area contributed by atoms with Crippen LogP contribution in [0.1, 0.15) is 65.2 Å². The molecule has 9 nitrogen and oxygen atoms in total. The minimum absolute atomic E-state index is 0.00555. The lowest BCUT2D eigenvalue weighted by Crippen LogP contribution is -2.62. The standard InChI is InChI=1S/C27H42O9/c1-24-7-4-8-25(2,23(33)36-22-21(32)20(31)19(30)16(13-29)35-22)17(24)5-9-26-11-15(12-28)27(14-26,34-3)10-6-18(24)26/h11,16-22,28-32H,4-10,12-14H2,1-3H3/t16?,17-,18-,19?,20?,21?,22?,24+,25+,26+,27-/m0/s1. The van der Waals surface area contributed by atoms with E-state index in [0.717, 1.165) is 50.5 Å². The molecule has 5 rings (SSSR count). The van der Waals surface area contributed by atoms with Gasteiger partial charge in [-0.25, -0.2) is 0 Å². The molecule has 1 heterocycles. The Balaban J connectivity index is 1.40. The highest BCUT2D eigenvalue weighted by molar-refractivity contribution is 5.77. The van der Waals surface area contributed by atoms with Crippen LogP contribution in [0.4, 0.5) is 0 Å². The van der Waals surface area contributed by atoms with Gasteiger partial charge >= 0.3 is 5.97 Å². The molecule has 204 valence electrons. The Morgan fingerprint density at radius 1 is 1.03 bits per heavy atom. The third kappa shape index (κ3) is 3.57. The molecule has 5 unspecified atom stereocenters. The maximum atomic E-state index is 13.7. The van der Waals surface area contributed by atoms with Crippen LogP contribution in [0.5, 0.6) is 0 Å². The van der Waals surface area contributed by atoms with Gasteiger partial charge in [0.15, 0.2) is 0 Å². The minimum atomic E-state index is -1.61. The molecule has 1 aliphatic heterocycles. The van der Waals surface area contributed by atoms with Crippen molar-refractivity contribution in [2.45, 2.75) is 102 Å². The summed E-state index contributed by atoms with van der Waals surface area (Å²) in [6.45, 7) is 3.69. The highest BCUT2D eigenvalue weighted by atomic mass is 16.7. The first-order valence-electron chi connectivity index (χ1n) is 13.4. The second-order valence-corrected chi connectivity index (χ2v) is 12.5. The first-order chi connectivity index (χ1) is 17.0. The van der Waals surface area contributed by atoms with Crippen molar-refractivity contribution in [2.75, 3.05) is 20.3 Å². The first kappa shape index (κ1) is 26.5. The molecule has 1 saturated heterocycles. The lowest BCUT2D eigenvalue weighted by atomic mass is 9.40. The number of carbonyl (C=O) groups is 1. The highest BCUT2D eigenvalue weighted by Gasteiger charge is 2.67.